The van der Waals surface area contributed by atoms with Gasteiger partial charge in [-0.25, -0.2) is 10.4 Å². The van der Waals surface area contributed by atoms with Crippen LogP contribution in [-0.4, -0.2) is 71.6 Å². The molecule has 3 heterocycles. The average molecular weight is 608 g/mol. The molecule has 1 aromatic heterocycles. The summed E-state index contributed by atoms with van der Waals surface area (Å²) >= 11 is 0. The number of nitrogens with one attached hydrogen (secondary N) is 3. The summed E-state index contributed by atoms with van der Waals surface area (Å²) in [5, 5.41) is 7.92. The van der Waals surface area contributed by atoms with Gasteiger partial charge in [-0.1, -0.05) is 44.2 Å². The molecule has 4 rings (SSSR count). The van der Waals surface area contributed by atoms with E-state index < -0.39 is 36.1 Å². The summed E-state index contributed by atoms with van der Waals surface area (Å²) in [6.45, 7) is 7.43. The molecule has 11 nitrogen and oxygen atoms in total. The monoisotopic (exact) mass is 607 g/mol. The lowest BCUT2D eigenvalue weighted by Gasteiger charge is -2.35. The molecule has 0 saturated carbocycles. The van der Waals surface area contributed by atoms with Crippen LogP contribution in [-0.2, 0) is 28.7 Å². The number of nitrogens with zero attached hydrogens (tertiary/aromatic N) is 2. The SMILES string of the molecule is COC1CCC=Cc2ccc3ccc(nc3c2)C(C)OC(=O)C2CCCN(N2)C(=O)C(C)NC(=O)C(C(C)C)NC(=O)CC1. The number of fused-ring (bicyclic) bond motifs is 4. The van der Waals surface area contributed by atoms with Crippen molar-refractivity contribution in [1.29, 1.82) is 0 Å². The number of benzene rings is 1. The summed E-state index contributed by atoms with van der Waals surface area (Å²) in [7, 11) is 1.64. The van der Waals surface area contributed by atoms with Crippen LogP contribution in [0.25, 0.3) is 17.0 Å². The number of carbonyl (C=O) groups excluding carboxylic acids is 4. The van der Waals surface area contributed by atoms with Crippen molar-refractivity contribution in [2.24, 2.45) is 5.92 Å². The minimum Gasteiger partial charge on any atom is -0.455 e. The van der Waals surface area contributed by atoms with Gasteiger partial charge in [-0.3, -0.25) is 24.2 Å². The second-order valence-electron chi connectivity index (χ2n) is 12.0. The molecule has 44 heavy (non-hydrogen) atoms. The number of hydrogen-bond acceptors (Lipinski definition) is 8. The van der Waals surface area contributed by atoms with Gasteiger partial charge >= 0.3 is 5.97 Å². The number of cyclic esters (lactones) is 1. The highest BCUT2D eigenvalue weighted by atomic mass is 16.5. The van der Waals surface area contributed by atoms with E-state index in [0.717, 1.165) is 29.3 Å². The van der Waals surface area contributed by atoms with E-state index in [0.29, 0.717) is 31.5 Å². The number of aromatic nitrogens is 1. The molecule has 0 aliphatic carbocycles. The Bertz CT molecular complexity index is 1380. The van der Waals surface area contributed by atoms with Crippen molar-refractivity contribution in [3.63, 3.8) is 0 Å². The Morgan fingerprint density at radius 1 is 1.02 bits per heavy atom. The Labute approximate surface area is 259 Å². The Hall–Kier alpha value is -3.83. The summed E-state index contributed by atoms with van der Waals surface area (Å²) in [4.78, 5) is 57.2. The van der Waals surface area contributed by atoms with Gasteiger partial charge in [-0.05, 0) is 69.6 Å². The van der Waals surface area contributed by atoms with Gasteiger partial charge in [0, 0.05) is 25.5 Å². The van der Waals surface area contributed by atoms with Crippen LogP contribution >= 0.6 is 0 Å². The molecule has 11 heteroatoms. The van der Waals surface area contributed by atoms with E-state index in [2.05, 4.69) is 22.1 Å². The van der Waals surface area contributed by atoms with E-state index in [-0.39, 0.29) is 30.3 Å². The molecule has 2 aromatic rings. The highest BCUT2D eigenvalue weighted by Crippen LogP contribution is 2.23. The number of ether oxygens (including phenoxy) is 2. The second kappa shape index (κ2) is 15.3. The standard InChI is InChI=1S/C33H45N5O6/c1-20(2)30-31(40)34-21(3)32(41)38-18-8-11-27(37-38)33(42)44-22(4)26-16-14-24-13-12-23(19-28(24)35-26)9-6-7-10-25(43-5)15-17-29(39)36-30/h6,9,12-14,16,19-22,25,27,30,37H,7-8,10-11,15,17-18H2,1-5H3,(H,34,40)(H,36,39). The van der Waals surface area contributed by atoms with Gasteiger partial charge in [-0.15, -0.1) is 0 Å². The maximum Gasteiger partial charge on any atom is 0.325 e. The van der Waals surface area contributed by atoms with Crippen molar-refractivity contribution < 1.29 is 28.7 Å². The van der Waals surface area contributed by atoms with Crippen LogP contribution in [0, 0.1) is 5.92 Å². The third kappa shape index (κ3) is 8.63. The third-order valence-corrected chi connectivity index (χ3v) is 8.17. The summed E-state index contributed by atoms with van der Waals surface area (Å²) < 4.78 is 11.4. The van der Waals surface area contributed by atoms with Crippen LogP contribution in [0.3, 0.4) is 0 Å². The van der Waals surface area contributed by atoms with E-state index in [1.54, 1.807) is 21.0 Å². The number of hydrogen-bond donors (Lipinski definition) is 3. The highest BCUT2D eigenvalue weighted by molar-refractivity contribution is 5.92. The lowest BCUT2D eigenvalue weighted by atomic mass is 10.0. The lowest BCUT2D eigenvalue weighted by molar-refractivity contribution is -0.157. The zero-order chi connectivity index (χ0) is 31.8. The van der Waals surface area contributed by atoms with Crippen LogP contribution in [0.2, 0.25) is 0 Å². The number of hydrazine groups is 1. The van der Waals surface area contributed by atoms with E-state index >= 15 is 0 Å². The van der Waals surface area contributed by atoms with Crippen molar-refractivity contribution in [3.8, 4) is 0 Å². The molecular weight excluding hydrogens is 562 g/mol. The van der Waals surface area contributed by atoms with Crippen LogP contribution in [0.15, 0.2) is 36.4 Å². The fourth-order valence-corrected chi connectivity index (χ4v) is 5.46. The largest absolute Gasteiger partial charge is 0.455 e. The fraction of sp³-hybridized carbons (Fsp3) is 0.545. The quantitative estimate of drug-likeness (QED) is 0.441. The molecule has 5 bridgehead atoms. The lowest BCUT2D eigenvalue weighted by Crippen LogP contribution is -2.61. The maximum absolute atomic E-state index is 13.3. The first-order chi connectivity index (χ1) is 21.0. The van der Waals surface area contributed by atoms with Crippen molar-refractivity contribution in [2.75, 3.05) is 13.7 Å². The summed E-state index contributed by atoms with van der Waals surface area (Å²) in [5.41, 5.74) is 5.40. The number of allylic oxidation sites excluding steroid dienone is 1. The third-order valence-electron chi connectivity index (χ3n) is 8.17. The normalized spacial score (nSPS) is 26.7. The van der Waals surface area contributed by atoms with Crippen LogP contribution in [0.1, 0.15) is 83.6 Å². The molecular formula is C33H45N5O6. The Morgan fingerprint density at radius 2 is 1.80 bits per heavy atom. The molecule has 0 spiro atoms. The fourth-order valence-electron chi connectivity index (χ4n) is 5.46. The van der Waals surface area contributed by atoms with E-state index in [9.17, 15) is 19.2 Å². The first-order valence-electron chi connectivity index (χ1n) is 15.5. The zero-order valence-electron chi connectivity index (χ0n) is 26.3. The molecule has 1 saturated heterocycles. The molecule has 1 fully saturated rings. The summed E-state index contributed by atoms with van der Waals surface area (Å²) in [6.07, 6.45) is 6.70. The number of pyridine rings is 1. The molecule has 0 radical (unpaired) electrons. The molecule has 5 atom stereocenters. The number of rotatable bonds is 2. The first-order valence-corrected chi connectivity index (χ1v) is 15.5. The van der Waals surface area contributed by atoms with E-state index in [1.807, 2.05) is 50.3 Å². The zero-order valence-corrected chi connectivity index (χ0v) is 26.3. The number of methoxy groups -OCH3 is 1. The number of amides is 3. The second-order valence-corrected chi connectivity index (χ2v) is 12.0. The molecule has 2 aliphatic rings. The van der Waals surface area contributed by atoms with Crippen molar-refractivity contribution >= 4 is 40.7 Å². The smallest absolute Gasteiger partial charge is 0.325 e. The van der Waals surface area contributed by atoms with Gasteiger partial charge in [-0.2, -0.15) is 0 Å². The predicted octanol–water partition coefficient (Wildman–Crippen LogP) is 3.58. The van der Waals surface area contributed by atoms with Crippen molar-refractivity contribution in [1.82, 2.24) is 26.1 Å². The van der Waals surface area contributed by atoms with Gasteiger partial charge in [0.2, 0.25) is 11.8 Å². The topological polar surface area (TPSA) is 139 Å². The average Bonchev–Trinajstić information content (AvgIpc) is 3.01. The predicted molar refractivity (Wildman–Crippen MR) is 167 cm³/mol. The van der Waals surface area contributed by atoms with E-state index in [4.69, 9.17) is 14.5 Å². The van der Waals surface area contributed by atoms with Gasteiger partial charge in [0.25, 0.3) is 5.91 Å². The van der Waals surface area contributed by atoms with Gasteiger partial charge in [0.15, 0.2) is 0 Å². The van der Waals surface area contributed by atoms with Crippen LogP contribution < -0.4 is 16.1 Å². The molecule has 5 unspecified atom stereocenters. The Morgan fingerprint density at radius 3 is 2.55 bits per heavy atom. The van der Waals surface area contributed by atoms with Crippen molar-refractivity contribution in [2.45, 2.75) is 96.6 Å². The highest BCUT2D eigenvalue weighted by Gasteiger charge is 2.34. The first kappa shape index (κ1) is 33.1. The minimum absolute atomic E-state index is 0.116. The van der Waals surface area contributed by atoms with Gasteiger partial charge in [0.1, 0.15) is 24.2 Å². The molecule has 3 amide bonds. The van der Waals surface area contributed by atoms with E-state index in [1.165, 1.54) is 5.01 Å². The minimum atomic E-state index is -0.881. The van der Waals surface area contributed by atoms with Crippen molar-refractivity contribution in [3.05, 3.63) is 47.7 Å². The summed E-state index contributed by atoms with van der Waals surface area (Å²) in [5.74, 6) is -1.75. The van der Waals surface area contributed by atoms with Crippen LogP contribution in [0.5, 0.6) is 0 Å². The van der Waals surface area contributed by atoms with Gasteiger partial charge in [0.05, 0.1) is 17.3 Å². The number of esters is 1. The molecule has 2 aliphatic heterocycles. The molecule has 1 aromatic carbocycles. The Balaban J connectivity index is 1.57. The van der Waals surface area contributed by atoms with Crippen LogP contribution in [0.4, 0.5) is 0 Å². The molecule has 3 N–H and O–H groups in total. The number of carbonyl (C=O) groups is 4. The summed E-state index contributed by atoms with van der Waals surface area (Å²) in [6, 6.07) is 7.44. The van der Waals surface area contributed by atoms with Gasteiger partial charge < -0.3 is 20.1 Å². The molecule has 238 valence electrons. The maximum atomic E-state index is 13.3. The Kier molecular flexibility index (Phi) is 11.5.